The summed E-state index contributed by atoms with van der Waals surface area (Å²) in [6.45, 7) is 2.04. The molecule has 6 aromatic rings. The molecule has 35 heavy (non-hydrogen) atoms. The number of aryl methyl sites for hydroxylation is 1. The lowest BCUT2D eigenvalue weighted by molar-refractivity contribution is 0.609. The molecule has 10 heteroatoms. The summed E-state index contributed by atoms with van der Waals surface area (Å²) >= 11 is 0. The highest BCUT2D eigenvalue weighted by molar-refractivity contribution is 5.95. The van der Waals surface area contributed by atoms with E-state index in [9.17, 15) is 9.18 Å². The van der Waals surface area contributed by atoms with E-state index in [1.165, 1.54) is 21.2 Å². The Kier molecular flexibility index (Phi) is 4.66. The average molecular weight is 466 g/mol. The first-order chi connectivity index (χ1) is 17.0. The third-order valence-electron chi connectivity index (χ3n) is 5.94. The number of nitrogens with zero attached hydrogens (tertiary/aromatic N) is 6. The van der Waals surface area contributed by atoms with Gasteiger partial charge in [0.1, 0.15) is 5.82 Å². The van der Waals surface area contributed by atoms with E-state index in [-0.39, 0.29) is 12.5 Å². The smallest absolute Gasteiger partial charge is 0.353 e. The topological polar surface area (TPSA) is 120 Å². The summed E-state index contributed by atoms with van der Waals surface area (Å²) in [7, 11) is 0. The number of aromatic amines is 1. The summed E-state index contributed by atoms with van der Waals surface area (Å²) in [5.74, 6) is -0.434. The fraction of sp³-hybridized carbons (Fsp3) is 0.0800. The summed E-state index contributed by atoms with van der Waals surface area (Å²) < 4.78 is 15.9. The zero-order valence-electron chi connectivity index (χ0n) is 18.6. The van der Waals surface area contributed by atoms with Crippen LogP contribution in [0.25, 0.3) is 38.9 Å². The minimum Gasteiger partial charge on any atom is -0.369 e. The highest BCUT2D eigenvalue weighted by Gasteiger charge is 2.22. The first-order valence-electron chi connectivity index (χ1n) is 10.9. The first kappa shape index (κ1) is 20.7. The third kappa shape index (κ3) is 3.43. The monoisotopic (exact) mass is 466 g/mol. The lowest BCUT2D eigenvalue weighted by Gasteiger charge is -2.13. The van der Waals surface area contributed by atoms with Crippen LogP contribution in [-0.4, -0.2) is 34.3 Å². The molecule has 4 heterocycles. The predicted octanol–water partition coefficient (Wildman–Crippen LogP) is 3.57. The molecule has 0 aliphatic rings. The van der Waals surface area contributed by atoms with Gasteiger partial charge in [-0.15, -0.1) is 5.10 Å². The summed E-state index contributed by atoms with van der Waals surface area (Å²) in [4.78, 5) is 22.0. The number of nitrogens with two attached hydrogens (primary N) is 1. The highest BCUT2D eigenvalue weighted by Crippen LogP contribution is 2.36. The average Bonchev–Trinajstić information content (AvgIpc) is 3.46. The van der Waals surface area contributed by atoms with Crippen LogP contribution in [-0.2, 0) is 6.54 Å². The molecule has 3 N–H and O–H groups in total. The predicted molar refractivity (Wildman–Crippen MR) is 130 cm³/mol. The van der Waals surface area contributed by atoms with Crippen LogP contribution >= 0.6 is 0 Å². The molecule has 0 saturated heterocycles. The van der Waals surface area contributed by atoms with Crippen molar-refractivity contribution in [2.24, 2.45) is 0 Å². The van der Waals surface area contributed by atoms with Gasteiger partial charge in [0.2, 0.25) is 5.95 Å². The van der Waals surface area contributed by atoms with Gasteiger partial charge in [0, 0.05) is 10.9 Å². The van der Waals surface area contributed by atoms with Gasteiger partial charge < -0.3 is 5.73 Å². The van der Waals surface area contributed by atoms with Crippen molar-refractivity contribution in [3.05, 3.63) is 94.5 Å². The number of aromatic nitrogens is 7. The van der Waals surface area contributed by atoms with E-state index in [4.69, 9.17) is 5.73 Å². The number of nitrogen functional groups attached to an aromatic ring is 1. The molecule has 9 nitrogen and oxygen atoms in total. The van der Waals surface area contributed by atoms with Crippen molar-refractivity contribution in [2.75, 3.05) is 5.73 Å². The summed E-state index contributed by atoms with van der Waals surface area (Å²) in [5, 5.41) is 12.7. The number of anilines is 1. The number of rotatable bonds is 4. The maximum absolute atomic E-state index is 13.3. The summed E-state index contributed by atoms with van der Waals surface area (Å²) in [5.41, 5.74) is 11.5. The maximum Gasteiger partial charge on any atom is 0.353 e. The van der Waals surface area contributed by atoms with Crippen LogP contribution in [0.1, 0.15) is 11.3 Å². The lowest BCUT2D eigenvalue weighted by Crippen LogP contribution is -2.24. The van der Waals surface area contributed by atoms with E-state index in [0.717, 1.165) is 33.8 Å². The van der Waals surface area contributed by atoms with Gasteiger partial charge in [-0.3, -0.25) is 10.1 Å². The number of hydrogen-bond acceptors (Lipinski definition) is 6. The zero-order chi connectivity index (χ0) is 24.1. The lowest BCUT2D eigenvalue weighted by atomic mass is 9.97. The Labute approximate surface area is 197 Å². The van der Waals surface area contributed by atoms with Gasteiger partial charge in [-0.1, -0.05) is 30.3 Å². The second kappa shape index (κ2) is 7.87. The molecule has 0 spiro atoms. The van der Waals surface area contributed by atoms with E-state index in [1.807, 2.05) is 49.4 Å². The van der Waals surface area contributed by atoms with Crippen LogP contribution in [0.15, 0.2) is 71.8 Å². The van der Waals surface area contributed by atoms with Crippen molar-refractivity contribution in [3.8, 4) is 22.4 Å². The van der Waals surface area contributed by atoms with E-state index in [0.29, 0.717) is 22.6 Å². The molecule has 6 rings (SSSR count). The Bertz CT molecular complexity index is 1770. The molecule has 0 aliphatic carbocycles. The highest BCUT2D eigenvalue weighted by atomic mass is 19.1. The summed E-state index contributed by atoms with van der Waals surface area (Å²) in [6, 6.07) is 16.4. The fourth-order valence-corrected chi connectivity index (χ4v) is 4.31. The Hall–Kier alpha value is -4.86. The molecular formula is C25H19FN8O. The van der Waals surface area contributed by atoms with Gasteiger partial charge in [0.05, 0.1) is 41.4 Å². The van der Waals surface area contributed by atoms with E-state index in [2.05, 4.69) is 25.3 Å². The van der Waals surface area contributed by atoms with Gasteiger partial charge in [0.25, 0.3) is 0 Å². The summed E-state index contributed by atoms with van der Waals surface area (Å²) in [6.07, 6.45) is 2.86. The van der Waals surface area contributed by atoms with Gasteiger partial charge in [-0.2, -0.15) is 5.10 Å². The van der Waals surface area contributed by atoms with Gasteiger partial charge in [0.15, 0.2) is 5.65 Å². The first-order valence-corrected chi connectivity index (χ1v) is 10.9. The van der Waals surface area contributed by atoms with Gasteiger partial charge in [-0.25, -0.2) is 23.3 Å². The number of pyridine rings is 1. The number of nitrogens with one attached hydrogen (secondary N) is 1. The van der Waals surface area contributed by atoms with Crippen molar-refractivity contribution >= 4 is 22.5 Å². The quantitative estimate of drug-likeness (QED) is 0.410. The Morgan fingerprint density at radius 2 is 1.89 bits per heavy atom. The molecule has 172 valence electrons. The van der Waals surface area contributed by atoms with Crippen molar-refractivity contribution < 1.29 is 4.39 Å². The molecule has 4 aromatic heterocycles. The van der Waals surface area contributed by atoms with Crippen LogP contribution < -0.4 is 11.4 Å². The normalized spacial score (nSPS) is 11.5. The van der Waals surface area contributed by atoms with Crippen molar-refractivity contribution in [3.63, 3.8) is 0 Å². The van der Waals surface area contributed by atoms with Crippen molar-refractivity contribution in [1.82, 2.24) is 34.3 Å². The van der Waals surface area contributed by atoms with Gasteiger partial charge >= 0.3 is 5.69 Å². The van der Waals surface area contributed by atoms with Crippen molar-refractivity contribution in [1.29, 1.82) is 0 Å². The molecule has 0 unspecified atom stereocenters. The number of hydrogen-bond donors (Lipinski definition) is 2. The van der Waals surface area contributed by atoms with E-state index in [1.54, 1.807) is 6.20 Å². The van der Waals surface area contributed by atoms with Crippen LogP contribution in [0.4, 0.5) is 10.3 Å². The SMILES string of the molecule is Cc1cc(-c2c(-c3ccccc3)nc(N)n3c(=O)n(Cc4ccc(F)cn4)nc23)cc2cn[nH]c12. The molecule has 0 amide bonds. The molecule has 0 bridgehead atoms. The minimum absolute atomic E-state index is 0.0204. The zero-order valence-corrected chi connectivity index (χ0v) is 18.6. The number of halogens is 1. The van der Waals surface area contributed by atoms with Crippen LogP contribution in [0, 0.1) is 12.7 Å². The van der Waals surface area contributed by atoms with Gasteiger partial charge in [-0.05, 0) is 42.3 Å². The minimum atomic E-state index is -0.460. The number of fused-ring (bicyclic) bond motifs is 2. The fourth-order valence-electron chi connectivity index (χ4n) is 4.31. The molecule has 2 aromatic carbocycles. The molecule has 0 saturated carbocycles. The third-order valence-corrected chi connectivity index (χ3v) is 5.94. The number of H-pyrrole nitrogens is 1. The van der Waals surface area contributed by atoms with E-state index >= 15 is 0 Å². The Morgan fingerprint density at radius 3 is 2.66 bits per heavy atom. The van der Waals surface area contributed by atoms with Crippen molar-refractivity contribution in [2.45, 2.75) is 13.5 Å². The Balaban J connectivity index is 1.65. The number of benzene rings is 2. The van der Waals surface area contributed by atoms with Crippen LogP contribution in [0.3, 0.4) is 0 Å². The molecule has 0 fully saturated rings. The second-order valence-electron chi connectivity index (χ2n) is 8.25. The molecule has 0 radical (unpaired) electrons. The van der Waals surface area contributed by atoms with Crippen LogP contribution in [0.5, 0.6) is 0 Å². The Morgan fingerprint density at radius 1 is 1.06 bits per heavy atom. The molecule has 0 aliphatic heterocycles. The molecule has 0 atom stereocenters. The van der Waals surface area contributed by atoms with Crippen LogP contribution in [0.2, 0.25) is 0 Å². The van der Waals surface area contributed by atoms with E-state index < -0.39 is 11.5 Å². The molecular weight excluding hydrogens is 447 g/mol. The largest absolute Gasteiger partial charge is 0.369 e. The maximum atomic E-state index is 13.3. The standard InChI is InChI=1S/C25H19FN8O/c1-14-9-16(10-17-11-29-31-21(14)17)20-22(15-5-3-2-4-6-15)30-24(27)34-23(20)32-33(25(34)35)13-19-8-7-18(26)12-28-19/h2-12H,13H2,1H3,(H2,27,30)(H,29,31). The second-order valence-corrected chi connectivity index (χ2v) is 8.25.